The predicted molar refractivity (Wildman–Crippen MR) is 63.0 cm³/mol. The number of halogens is 4. The highest BCUT2D eigenvalue weighted by atomic mass is 35.5. The van der Waals surface area contributed by atoms with Gasteiger partial charge in [0.25, 0.3) is 0 Å². The van der Waals surface area contributed by atoms with Crippen molar-refractivity contribution < 1.29 is 13.2 Å². The zero-order valence-corrected chi connectivity index (χ0v) is 10.3. The molecule has 0 saturated carbocycles. The van der Waals surface area contributed by atoms with Gasteiger partial charge in [0.1, 0.15) is 0 Å². The van der Waals surface area contributed by atoms with Crippen LogP contribution in [0.25, 0.3) is 0 Å². The van der Waals surface area contributed by atoms with Crippen molar-refractivity contribution in [2.75, 3.05) is 0 Å². The van der Waals surface area contributed by atoms with Crippen LogP contribution in [0.15, 0.2) is 18.2 Å². The van der Waals surface area contributed by atoms with E-state index < -0.39 is 18.6 Å². The van der Waals surface area contributed by atoms with E-state index >= 15 is 0 Å². The lowest BCUT2D eigenvalue weighted by molar-refractivity contribution is -0.135. The van der Waals surface area contributed by atoms with Crippen LogP contribution in [0.5, 0.6) is 0 Å². The quantitative estimate of drug-likeness (QED) is 0.859. The SMILES string of the molecule is Cc1ccc(C(N)CCCC(F)(F)F)cc1Cl. The number of aryl methyl sites for hydroxylation is 1. The van der Waals surface area contributed by atoms with Gasteiger partial charge >= 0.3 is 6.18 Å². The summed E-state index contributed by atoms with van der Waals surface area (Å²) >= 11 is 5.93. The summed E-state index contributed by atoms with van der Waals surface area (Å²) in [6, 6.07) is 4.95. The molecule has 0 saturated heterocycles. The summed E-state index contributed by atoms with van der Waals surface area (Å²) < 4.78 is 35.9. The topological polar surface area (TPSA) is 26.0 Å². The number of rotatable bonds is 4. The maximum atomic E-state index is 12.0. The molecule has 0 aliphatic heterocycles. The minimum absolute atomic E-state index is 0.0379. The largest absolute Gasteiger partial charge is 0.389 e. The van der Waals surface area contributed by atoms with Gasteiger partial charge in [0.2, 0.25) is 0 Å². The molecule has 1 aromatic carbocycles. The van der Waals surface area contributed by atoms with Crippen molar-refractivity contribution in [3.05, 3.63) is 34.3 Å². The first-order chi connectivity index (χ1) is 7.79. The zero-order chi connectivity index (χ0) is 13.1. The molecule has 0 bridgehead atoms. The molecule has 5 heteroatoms. The van der Waals surface area contributed by atoms with Crippen molar-refractivity contribution >= 4 is 11.6 Å². The average molecular weight is 266 g/mol. The Labute approximate surface area is 104 Å². The van der Waals surface area contributed by atoms with E-state index in [1.807, 2.05) is 13.0 Å². The highest BCUT2D eigenvalue weighted by molar-refractivity contribution is 6.31. The Morgan fingerprint density at radius 2 is 2.00 bits per heavy atom. The first kappa shape index (κ1) is 14.3. The van der Waals surface area contributed by atoms with Crippen LogP contribution in [-0.2, 0) is 0 Å². The number of alkyl halides is 3. The third-order valence-electron chi connectivity index (χ3n) is 2.60. The van der Waals surface area contributed by atoms with Gasteiger partial charge in [0.15, 0.2) is 0 Å². The molecule has 1 atom stereocenters. The Balaban J connectivity index is 2.52. The summed E-state index contributed by atoms with van der Waals surface area (Å²) in [4.78, 5) is 0. The number of benzene rings is 1. The molecule has 0 amide bonds. The van der Waals surface area contributed by atoms with Crippen molar-refractivity contribution in [2.24, 2.45) is 5.73 Å². The molecule has 0 aliphatic carbocycles. The summed E-state index contributed by atoms with van der Waals surface area (Å²) in [6.45, 7) is 1.86. The van der Waals surface area contributed by atoms with Crippen LogP contribution in [0, 0.1) is 6.92 Å². The van der Waals surface area contributed by atoms with E-state index in [1.54, 1.807) is 12.1 Å². The van der Waals surface area contributed by atoms with E-state index in [1.165, 1.54) is 0 Å². The van der Waals surface area contributed by atoms with E-state index in [0.717, 1.165) is 11.1 Å². The number of hydrogen-bond donors (Lipinski definition) is 1. The maximum Gasteiger partial charge on any atom is 0.389 e. The van der Waals surface area contributed by atoms with Gasteiger partial charge in [0, 0.05) is 17.5 Å². The van der Waals surface area contributed by atoms with E-state index in [4.69, 9.17) is 17.3 Å². The molecule has 0 aliphatic rings. The highest BCUT2D eigenvalue weighted by Gasteiger charge is 2.26. The Morgan fingerprint density at radius 1 is 1.35 bits per heavy atom. The molecular formula is C12H15ClF3N. The molecule has 2 N–H and O–H groups in total. The second kappa shape index (κ2) is 5.74. The lowest BCUT2D eigenvalue weighted by Crippen LogP contribution is -2.13. The lowest BCUT2D eigenvalue weighted by Gasteiger charge is -2.13. The smallest absolute Gasteiger partial charge is 0.324 e. The summed E-state index contributed by atoms with van der Waals surface area (Å²) in [5, 5.41) is 0.591. The van der Waals surface area contributed by atoms with Gasteiger partial charge in [-0.1, -0.05) is 23.7 Å². The van der Waals surface area contributed by atoms with Gasteiger partial charge < -0.3 is 5.73 Å². The Morgan fingerprint density at radius 3 is 2.53 bits per heavy atom. The lowest BCUT2D eigenvalue weighted by atomic mass is 10.0. The predicted octanol–water partition coefficient (Wildman–Crippen LogP) is 4.38. The van der Waals surface area contributed by atoms with Gasteiger partial charge in [-0.25, -0.2) is 0 Å². The summed E-state index contributed by atoms with van der Waals surface area (Å²) in [5.74, 6) is 0. The maximum absolute atomic E-state index is 12.0. The monoisotopic (exact) mass is 265 g/mol. The molecule has 0 fully saturated rings. The van der Waals surface area contributed by atoms with Crippen molar-refractivity contribution in [2.45, 2.75) is 38.4 Å². The molecule has 96 valence electrons. The number of hydrogen-bond acceptors (Lipinski definition) is 1. The van der Waals surface area contributed by atoms with Crippen LogP contribution >= 0.6 is 11.6 Å². The third-order valence-corrected chi connectivity index (χ3v) is 3.01. The van der Waals surface area contributed by atoms with Gasteiger partial charge in [-0.05, 0) is 37.0 Å². The molecule has 1 aromatic rings. The standard InChI is InChI=1S/C12H15ClF3N/c1-8-4-5-9(7-10(8)13)11(17)3-2-6-12(14,15)16/h4-5,7,11H,2-3,6,17H2,1H3. The first-order valence-corrected chi connectivity index (χ1v) is 5.76. The van der Waals surface area contributed by atoms with E-state index in [0.29, 0.717) is 11.4 Å². The second-order valence-corrected chi connectivity index (χ2v) is 4.53. The fraction of sp³-hybridized carbons (Fsp3) is 0.500. The van der Waals surface area contributed by atoms with Crippen molar-refractivity contribution in [1.29, 1.82) is 0 Å². The fourth-order valence-electron chi connectivity index (χ4n) is 1.53. The van der Waals surface area contributed by atoms with E-state index in [2.05, 4.69) is 0 Å². The molecule has 0 heterocycles. The van der Waals surface area contributed by atoms with E-state index in [9.17, 15) is 13.2 Å². The summed E-state index contributed by atoms with van der Waals surface area (Å²) in [7, 11) is 0. The molecule has 1 rings (SSSR count). The molecule has 1 nitrogen and oxygen atoms in total. The van der Waals surface area contributed by atoms with Crippen LogP contribution in [0.3, 0.4) is 0 Å². The molecule has 0 spiro atoms. The Bertz CT molecular complexity index is 377. The number of nitrogens with two attached hydrogens (primary N) is 1. The van der Waals surface area contributed by atoms with Gasteiger partial charge in [-0.15, -0.1) is 0 Å². The minimum Gasteiger partial charge on any atom is -0.324 e. The first-order valence-electron chi connectivity index (χ1n) is 5.38. The van der Waals surface area contributed by atoms with Crippen LogP contribution in [-0.4, -0.2) is 6.18 Å². The van der Waals surface area contributed by atoms with Gasteiger partial charge in [-0.2, -0.15) is 13.2 Å². The average Bonchev–Trinajstić information content (AvgIpc) is 2.20. The molecular weight excluding hydrogens is 251 g/mol. The summed E-state index contributed by atoms with van der Waals surface area (Å²) in [6.07, 6.45) is -4.56. The summed E-state index contributed by atoms with van der Waals surface area (Å²) in [5.41, 5.74) is 7.53. The van der Waals surface area contributed by atoms with Gasteiger partial charge in [-0.3, -0.25) is 0 Å². The fourth-order valence-corrected chi connectivity index (χ4v) is 1.72. The normalized spacial score (nSPS) is 13.8. The molecule has 0 radical (unpaired) electrons. The Hall–Kier alpha value is -0.740. The Kier molecular flexibility index (Phi) is 4.83. The van der Waals surface area contributed by atoms with E-state index in [-0.39, 0.29) is 6.42 Å². The van der Waals surface area contributed by atoms with Crippen LogP contribution in [0.2, 0.25) is 5.02 Å². The third kappa shape index (κ3) is 4.96. The molecule has 1 unspecified atom stereocenters. The minimum atomic E-state index is -4.11. The van der Waals surface area contributed by atoms with Gasteiger partial charge in [0.05, 0.1) is 0 Å². The van der Waals surface area contributed by atoms with Crippen molar-refractivity contribution in [3.63, 3.8) is 0 Å². The molecule has 0 aromatic heterocycles. The van der Waals surface area contributed by atoms with Crippen LogP contribution in [0.1, 0.15) is 36.4 Å². The highest BCUT2D eigenvalue weighted by Crippen LogP contribution is 2.27. The van der Waals surface area contributed by atoms with Crippen LogP contribution in [0.4, 0.5) is 13.2 Å². The second-order valence-electron chi connectivity index (χ2n) is 4.12. The van der Waals surface area contributed by atoms with Crippen molar-refractivity contribution in [1.82, 2.24) is 0 Å². The molecule has 17 heavy (non-hydrogen) atoms. The zero-order valence-electron chi connectivity index (χ0n) is 9.52. The van der Waals surface area contributed by atoms with Crippen LogP contribution < -0.4 is 5.73 Å². The van der Waals surface area contributed by atoms with Crippen molar-refractivity contribution in [3.8, 4) is 0 Å².